The minimum Gasteiger partial charge on any atom is -0.511 e. The van der Waals surface area contributed by atoms with Crippen LogP contribution in [0.15, 0.2) is 156 Å². The minimum atomic E-state index is -0.250. The summed E-state index contributed by atoms with van der Waals surface area (Å²) in [5, 5.41) is 15.2. The fraction of sp³-hybridized carbons (Fsp3) is 0.250. The van der Waals surface area contributed by atoms with Crippen LogP contribution in [0.4, 0.5) is 0 Å². The molecule has 1 saturated heterocycles. The Bertz CT molecular complexity index is 2050. The quantitative estimate of drug-likeness (QED) is 0.314. The monoisotopic (exact) mass is 622 g/mol. The fourth-order valence-corrected chi connectivity index (χ4v) is 7.52. The van der Waals surface area contributed by atoms with Crippen molar-refractivity contribution in [1.82, 2.24) is 5.32 Å². The molecule has 5 aliphatic heterocycles. The van der Waals surface area contributed by atoms with Gasteiger partial charge in [-0.3, -0.25) is 4.79 Å². The molecule has 0 unspecified atom stereocenters. The van der Waals surface area contributed by atoms with Crippen LogP contribution in [-0.2, 0) is 9.53 Å². The van der Waals surface area contributed by atoms with Crippen LogP contribution >= 0.6 is 0 Å². The SMILES string of the molecule is C=CC1=C(C)C2=NC1=CC1=NC(=C(C)C3=CC4=C(O)CC(=C5NC(=C2c2ccccc2)[C@@H](C)[C@@H]5CCC(=O)OC)C4=N3)C(C=C)=C1C. The Hall–Kier alpha value is -5.30. The molecule has 8 bridgehead atoms. The molecule has 5 heterocycles. The van der Waals surface area contributed by atoms with Gasteiger partial charge in [-0.25, -0.2) is 15.0 Å². The molecular weight excluding hydrogens is 584 g/mol. The van der Waals surface area contributed by atoms with E-state index in [0.717, 1.165) is 95.8 Å². The summed E-state index contributed by atoms with van der Waals surface area (Å²) in [6.07, 6.45) is 8.93. The summed E-state index contributed by atoms with van der Waals surface area (Å²) in [5.41, 5.74) is 15.3. The molecule has 7 heteroatoms. The van der Waals surface area contributed by atoms with Gasteiger partial charge in [-0.15, -0.1) is 0 Å². The van der Waals surface area contributed by atoms with Crippen molar-refractivity contribution < 1.29 is 14.6 Å². The number of benzene rings is 1. The number of fused-ring (bicyclic) bond motifs is 5. The first-order valence-electron chi connectivity index (χ1n) is 16.0. The maximum atomic E-state index is 12.4. The molecular formula is C40H38N4O3. The van der Waals surface area contributed by atoms with Crippen molar-refractivity contribution in [2.45, 2.75) is 47.0 Å². The second-order valence-electron chi connectivity index (χ2n) is 12.7. The molecule has 1 aliphatic carbocycles. The molecule has 1 fully saturated rings. The molecule has 1 aromatic rings. The van der Waals surface area contributed by atoms with Gasteiger partial charge in [0, 0.05) is 69.5 Å². The van der Waals surface area contributed by atoms with E-state index < -0.39 is 0 Å². The predicted molar refractivity (Wildman–Crippen MR) is 189 cm³/mol. The molecule has 0 aromatic heterocycles. The van der Waals surface area contributed by atoms with E-state index in [-0.39, 0.29) is 30.0 Å². The van der Waals surface area contributed by atoms with Crippen molar-refractivity contribution in [2.24, 2.45) is 26.8 Å². The van der Waals surface area contributed by atoms with Gasteiger partial charge in [-0.2, -0.15) is 0 Å². The molecule has 7 nitrogen and oxygen atoms in total. The minimum absolute atomic E-state index is 0.00560. The van der Waals surface area contributed by atoms with Gasteiger partial charge in [0.15, 0.2) is 0 Å². The number of nitrogens with zero attached hydrogens (tertiary/aromatic N) is 3. The highest BCUT2D eigenvalue weighted by atomic mass is 16.5. The van der Waals surface area contributed by atoms with E-state index in [1.807, 2.05) is 49.4 Å². The maximum absolute atomic E-state index is 12.4. The van der Waals surface area contributed by atoms with Gasteiger partial charge in [0.25, 0.3) is 0 Å². The van der Waals surface area contributed by atoms with Crippen molar-refractivity contribution in [1.29, 1.82) is 0 Å². The van der Waals surface area contributed by atoms with Crippen LogP contribution in [0.3, 0.4) is 0 Å². The van der Waals surface area contributed by atoms with Crippen LogP contribution in [0.2, 0.25) is 0 Å². The fourth-order valence-electron chi connectivity index (χ4n) is 7.52. The third-order valence-electron chi connectivity index (χ3n) is 10.2. The Labute approximate surface area is 275 Å². The molecule has 0 spiro atoms. The van der Waals surface area contributed by atoms with E-state index in [1.165, 1.54) is 7.11 Å². The average molecular weight is 623 g/mol. The number of methoxy groups -OCH3 is 1. The smallest absolute Gasteiger partial charge is 0.305 e. The third-order valence-corrected chi connectivity index (χ3v) is 10.2. The van der Waals surface area contributed by atoms with E-state index in [0.29, 0.717) is 12.8 Å². The summed E-state index contributed by atoms with van der Waals surface area (Å²) in [7, 11) is 1.42. The number of rotatable bonds is 6. The van der Waals surface area contributed by atoms with E-state index in [2.05, 4.69) is 51.4 Å². The molecule has 0 saturated carbocycles. The summed E-state index contributed by atoms with van der Waals surface area (Å²) < 4.78 is 5.05. The van der Waals surface area contributed by atoms with Gasteiger partial charge < -0.3 is 15.2 Å². The van der Waals surface area contributed by atoms with Gasteiger partial charge >= 0.3 is 5.97 Å². The maximum Gasteiger partial charge on any atom is 0.305 e. The number of carbonyl (C=O) groups excluding carboxylic acids is 1. The molecule has 0 amide bonds. The molecule has 2 N–H and O–H groups in total. The lowest BCUT2D eigenvalue weighted by atomic mass is 9.83. The Morgan fingerprint density at radius 1 is 0.957 bits per heavy atom. The van der Waals surface area contributed by atoms with E-state index in [1.54, 1.807) is 0 Å². The third kappa shape index (κ3) is 4.72. The highest BCUT2D eigenvalue weighted by Crippen LogP contribution is 2.47. The highest BCUT2D eigenvalue weighted by Gasteiger charge is 2.42. The summed E-state index contributed by atoms with van der Waals surface area (Å²) in [6, 6.07) is 10.3. The number of aliphatic hydroxyl groups excluding tert-OH is 1. The zero-order chi connectivity index (χ0) is 33.1. The molecule has 1 aromatic carbocycles. The van der Waals surface area contributed by atoms with Crippen molar-refractivity contribution in [2.75, 3.05) is 7.11 Å². The van der Waals surface area contributed by atoms with Gasteiger partial charge in [0.1, 0.15) is 5.76 Å². The zero-order valence-corrected chi connectivity index (χ0v) is 27.5. The molecule has 7 rings (SSSR count). The Morgan fingerprint density at radius 2 is 1.68 bits per heavy atom. The summed E-state index contributed by atoms with van der Waals surface area (Å²) in [5.74, 6) is -0.0175. The van der Waals surface area contributed by atoms with Crippen LogP contribution < -0.4 is 5.32 Å². The lowest BCUT2D eigenvalue weighted by Gasteiger charge is -2.19. The number of esters is 1. The average Bonchev–Trinajstić information content (AvgIpc) is 3.86. The molecule has 6 aliphatic rings. The molecule has 2 atom stereocenters. The zero-order valence-electron chi connectivity index (χ0n) is 27.5. The summed E-state index contributed by atoms with van der Waals surface area (Å²) >= 11 is 0. The van der Waals surface area contributed by atoms with E-state index in [4.69, 9.17) is 19.7 Å². The Kier molecular flexibility index (Phi) is 7.43. The van der Waals surface area contributed by atoms with Crippen LogP contribution in [0.5, 0.6) is 0 Å². The Balaban J connectivity index is 1.56. The van der Waals surface area contributed by atoms with Crippen LogP contribution in [0, 0.1) is 11.8 Å². The van der Waals surface area contributed by atoms with Crippen LogP contribution in [0.25, 0.3) is 5.57 Å². The number of nitrogens with one attached hydrogen (secondary N) is 1. The number of ether oxygens (including phenoxy) is 1. The summed E-state index contributed by atoms with van der Waals surface area (Å²) in [6.45, 7) is 16.7. The largest absolute Gasteiger partial charge is 0.511 e. The van der Waals surface area contributed by atoms with Gasteiger partial charge in [0.2, 0.25) is 0 Å². The molecule has 236 valence electrons. The predicted octanol–water partition coefficient (Wildman–Crippen LogP) is 8.10. The molecule has 0 radical (unpaired) electrons. The number of aliphatic imine (C=N–C) groups is 3. The molecule has 47 heavy (non-hydrogen) atoms. The first-order chi connectivity index (χ1) is 22.7. The van der Waals surface area contributed by atoms with E-state index >= 15 is 0 Å². The van der Waals surface area contributed by atoms with Crippen molar-refractivity contribution >= 4 is 28.7 Å². The van der Waals surface area contributed by atoms with Crippen molar-refractivity contribution in [3.8, 4) is 0 Å². The number of aliphatic hydroxyl groups is 1. The van der Waals surface area contributed by atoms with Crippen molar-refractivity contribution in [3.63, 3.8) is 0 Å². The Morgan fingerprint density at radius 3 is 2.38 bits per heavy atom. The standard InChI is InChI=1S/C40H38N4O3/c1-8-25-21(4)37-35(24-13-11-10-12-14-24)38-22(5)27(15-16-34(46)47-7)39(44-38)29-18-33(45)28-17-30(42-40(28)29)23(6)36-26(9-2)20(3)31(41-36)19-32(25)43-37/h8-14,17,19,22,27,44-45H,1-2,15-16,18H2,3-7H3/t22-,27-/m0/s1. The van der Waals surface area contributed by atoms with Gasteiger partial charge in [-0.05, 0) is 56.1 Å². The number of hydrogen-bond donors (Lipinski definition) is 2. The number of carbonyl (C=O) groups is 1. The van der Waals surface area contributed by atoms with E-state index in [9.17, 15) is 9.90 Å². The number of allylic oxidation sites excluding steroid dienone is 12. The van der Waals surface area contributed by atoms with Gasteiger partial charge in [-0.1, -0.05) is 62.6 Å². The second-order valence-corrected chi connectivity index (χ2v) is 12.7. The van der Waals surface area contributed by atoms with Crippen molar-refractivity contribution in [3.05, 3.63) is 147 Å². The van der Waals surface area contributed by atoms with Crippen LogP contribution in [-0.4, -0.2) is 35.3 Å². The van der Waals surface area contributed by atoms with Crippen LogP contribution in [0.1, 0.15) is 52.5 Å². The van der Waals surface area contributed by atoms with Gasteiger partial charge in [0.05, 0.1) is 41.3 Å². The first-order valence-corrected chi connectivity index (χ1v) is 16.0. The topological polar surface area (TPSA) is 95.6 Å². The lowest BCUT2D eigenvalue weighted by Crippen LogP contribution is -2.16. The number of hydrogen-bond acceptors (Lipinski definition) is 7. The highest BCUT2D eigenvalue weighted by molar-refractivity contribution is 6.34. The normalized spacial score (nSPS) is 23.3. The summed E-state index contributed by atoms with van der Waals surface area (Å²) in [4.78, 5) is 28.0. The second kappa shape index (κ2) is 11.5. The first kappa shape index (κ1) is 30.4. The lowest BCUT2D eigenvalue weighted by molar-refractivity contribution is -0.140.